The first-order valence-corrected chi connectivity index (χ1v) is 6.48. The van der Waals surface area contributed by atoms with E-state index in [1.54, 1.807) is 18.2 Å². The Bertz CT molecular complexity index is 602. The van der Waals surface area contributed by atoms with Crippen LogP contribution in [0.5, 0.6) is 11.6 Å². The Hall–Kier alpha value is -1.52. The lowest BCUT2D eigenvalue weighted by molar-refractivity contribution is 0.452. The van der Waals surface area contributed by atoms with Gasteiger partial charge in [-0.25, -0.2) is 9.97 Å². The molecule has 0 saturated carbocycles. The van der Waals surface area contributed by atoms with Crippen LogP contribution in [0.2, 0.25) is 10.0 Å². The minimum atomic E-state index is 0.133. The maximum Gasteiger partial charge on any atom is 0.227 e. The van der Waals surface area contributed by atoms with Gasteiger partial charge in [0.25, 0.3) is 0 Å². The van der Waals surface area contributed by atoms with Crippen molar-refractivity contribution < 1.29 is 4.74 Å². The number of aromatic nitrogens is 2. The van der Waals surface area contributed by atoms with Gasteiger partial charge in [0.05, 0.1) is 10.6 Å². The molecule has 1 aromatic carbocycles. The molecule has 0 saturated heterocycles. The van der Waals surface area contributed by atoms with E-state index in [2.05, 4.69) is 9.97 Å². The van der Waals surface area contributed by atoms with E-state index in [1.165, 1.54) is 6.33 Å². The van der Waals surface area contributed by atoms with E-state index >= 15 is 0 Å². The summed E-state index contributed by atoms with van der Waals surface area (Å²) in [5.74, 6) is 1.37. The topological polar surface area (TPSA) is 61.0 Å². The Kier molecular flexibility index (Phi) is 4.12. The second-order valence-electron chi connectivity index (χ2n) is 4.29. The van der Waals surface area contributed by atoms with Crippen molar-refractivity contribution in [1.82, 2.24) is 9.97 Å². The van der Waals surface area contributed by atoms with E-state index in [1.807, 2.05) is 13.8 Å². The summed E-state index contributed by atoms with van der Waals surface area (Å²) in [5.41, 5.74) is 6.60. The number of benzene rings is 1. The number of ether oxygens (including phenoxy) is 1. The fourth-order valence-electron chi connectivity index (χ4n) is 1.68. The number of halogens is 2. The molecular formula is C13H13Cl2N3O. The molecule has 0 bridgehead atoms. The van der Waals surface area contributed by atoms with Crippen LogP contribution in [-0.2, 0) is 0 Å². The Morgan fingerprint density at radius 3 is 2.63 bits per heavy atom. The molecule has 0 radical (unpaired) electrons. The quantitative estimate of drug-likeness (QED) is 0.918. The fourth-order valence-corrected chi connectivity index (χ4v) is 2.01. The third kappa shape index (κ3) is 2.91. The van der Waals surface area contributed by atoms with Gasteiger partial charge in [-0.15, -0.1) is 0 Å². The van der Waals surface area contributed by atoms with Crippen molar-refractivity contribution in [3.63, 3.8) is 0 Å². The average molecular weight is 298 g/mol. The Morgan fingerprint density at radius 2 is 1.95 bits per heavy atom. The van der Waals surface area contributed by atoms with Gasteiger partial charge in [0.1, 0.15) is 22.9 Å². The van der Waals surface area contributed by atoms with E-state index < -0.39 is 0 Å². The van der Waals surface area contributed by atoms with Crippen LogP contribution in [-0.4, -0.2) is 9.97 Å². The minimum absolute atomic E-state index is 0.133. The van der Waals surface area contributed by atoms with Gasteiger partial charge in [-0.1, -0.05) is 43.1 Å². The Balaban J connectivity index is 2.44. The predicted octanol–water partition coefficient (Wildman–Crippen LogP) is 4.28. The highest BCUT2D eigenvalue weighted by Gasteiger charge is 2.16. The van der Waals surface area contributed by atoms with Crippen LogP contribution in [0.25, 0.3) is 0 Å². The first-order valence-electron chi connectivity index (χ1n) is 5.73. The molecule has 2 rings (SSSR count). The van der Waals surface area contributed by atoms with Gasteiger partial charge >= 0.3 is 0 Å². The van der Waals surface area contributed by atoms with E-state index in [0.717, 1.165) is 5.56 Å². The third-order valence-electron chi connectivity index (χ3n) is 2.58. The third-order valence-corrected chi connectivity index (χ3v) is 3.38. The lowest BCUT2D eigenvalue weighted by atomic mass is 10.1. The normalized spacial score (nSPS) is 10.8. The largest absolute Gasteiger partial charge is 0.437 e. The van der Waals surface area contributed by atoms with Crippen LogP contribution in [0.4, 0.5) is 5.82 Å². The fraction of sp³-hybridized carbons (Fsp3) is 0.231. The summed E-state index contributed by atoms with van der Waals surface area (Å²) in [6, 6.07) is 5.16. The molecule has 1 aromatic heterocycles. The summed E-state index contributed by atoms with van der Waals surface area (Å²) in [4.78, 5) is 8.08. The zero-order valence-corrected chi connectivity index (χ0v) is 12.0. The number of anilines is 1. The molecule has 0 amide bonds. The van der Waals surface area contributed by atoms with Crippen LogP contribution in [0.1, 0.15) is 25.3 Å². The SMILES string of the molecule is CC(C)c1c(N)ncnc1Oc1cccc(Cl)c1Cl. The Labute approximate surface area is 121 Å². The average Bonchev–Trinajstić information content (AvgIpc) is 2.34. The molecule has 0 spiro atoms. The molecule has 0 atom stereocenters. The van der Waals surface area contributed by atoms with E-state index in [0.29, 0.717) is 27.5 Å². The highest BCUT2D eigenvalue weighted by atomic mass is 35.5. The van der Waals surface area contributed by atoms with Crippen LogP contribution in [0.3, 0.4) is 0 Å². The predicted molar refractivity (Wildman–Crippen MR) is 77.1 cm³/mol. The summed E-state index contributed by atoms with van der Waals surface area (Å²) in [6.07, 6.45) is 1.36. The molecule has 2 N–H and O–H groups in total. The van der Waals surface area contributed by atoms with Crippen molar-refractivity contribution in [2.75, 3.05) is 5.73 Å². The van der Waals surface area contributed by atoms with Crippen LogP contribution < -0.4 is 10.5 Å². The van der Waals surface area contributed by atoms with E-state index in [4.69, 9.17) is 33.7 Å². The van der Waals surface area contributed by atoms with Crippen molar-refractivity contribution in [2.24, 2.45) is 0 Å². The molecule has 100 valence electrons. The molecular weight excluding hydrogens is 285 g/mol. The van der Waals surface area contributed by atoms with Gasteiger partial charge in [0.2, 0.25) is 5.88 Å². The first kappa shape index (κ1) is 13.9. The highest BCUT2D eigenvalue weighted by Crippen LogP contribution is 2.37. The van der Waals surface area contributed by atoms with Gasteiger partial charge in [-0.3, -0.25) is 0 Å². The van der Waals surface area contributed by atoms with Crippen LogP contribution >= 0.6 is 23.2 Å². The van der Waals surface area contributed by atoms with Gasteiger partial charge in [0, 0.05) is 0 Å². The summed E-state index contributed by atoms with van der Waals surface area (Å²) in [7, 11) is 0. The molecule has 0 unspecified atom stereocenters. The molecule has 2 aromatic rings. The summed E-state index contributed by atoms with van der Waals surface area (Å²) < 4.78 is 5.72. The van der Waals surface area contributed by atoms with Crippen molar-refractivity contribution in [2.45, 2.75) is 19.8 Å². The van der Waals surface area contributed by atoms with Gasteiger partial charge in [0.15, 0.2) is 0 Å². The number of nitrogens with two attached hydrogens (primary N) is 1. The molecule has 1 heterocycles. The maximum atomic E-state index is 6.08. The first-order chi connectivity index (χ1) is 9.00. The molecule has 4 nitrogen and oxygen atoms in total. The molecule has 19 heavy (non-hydrogen) atoms. The number of nitrogens with zero attached hydrogens (tertiary/aromatic N) is 2. The van der Waals surface area contributed by atoms with Gasteiger partial charge in [-0.05, 0) is 18.1 Å². The number of rotatable bonds is 3. The van der Waals surface area contributed by atoms with Crippen molar-refractivity contribution in [3.05, 3.63) is 40.1 Å². The lowest BCUT2D eigenvalue weighted by Gasteiger charge is -2.14. The van der Waals surface area contributed by atoms with Crippen molar-refractivity contribution >= 4 is 29.0 Å². The van der Waals surface area contributed by atoms with Crippen molar-refractivity contribution in [3.8, 4) is 11.6 Å². The standard InChI is InChI=1S/C13H13Cl2N3O/c1-7(2)10-12(16)17-6-18-13(10)19-9-5-3-4-8(14)11(9)15/h3-7H,1-2H3,(H2,16,17,18). The smallest absolute Gasteiger partial charge is 0.227 e. The maximum absolute atomic E-state index is 6.08. The second-order valence-corrected chi connectivity index (χ2v) is 5.07. The van der Waals surface area contributed by atoms with E-state index in [9.17, 15) is 0 Å². The molecule has 0 fully saturated rings. The monoisotopic (exact) mass is 297 g/mol. The second kappa shape index (κ2) is 5.63. The number of nitrogen functional groups attached to an aromatic ring is 1. The number of hydrogen-bond acceptors (Lipinski definition) is 4. The zero-order chi connectivity index (χ0) is 14.0. The molecule has 0 aliphatic carbocycles. The minimum Gasteiger partial charge on any atom is -0.437 e. The van der Waals surface area contributed by atoms with E-state index in [-0.39, 0.29) is 5.92 Å². The molecule has 6 heteroatoms. The highest BCUT2D eigenvalue weighted by molar-refractivity contribution is 6.42. The summed E-state index contributed by atoms with van der Waals surface area (Å²) >= 11 is 12.0. The number of hydrogen-bond donors (Lipinski definition) is 1. The van der Waals surface area contributed by atoms with Gasteiger partial charge in [-0.2, -0.15) is 0 Å². The van der Waals surface area contributed by atoms with Crippen LogP contribution in [0.15, 0.2) is 24.5 Å². The summed E-state index contributed by atoms with van der Waals surface area (Å²) in [6.45, 7) is 3.98. The van der Waals surface area contributed by atoms with Crippen molar-refractivity contribution in [1.29, 1.82) is 0 Å². The lowest BCUT2D eigenvalue weighted by Crippen LogP contribution is -2.04. The molecule has 0 aliphatic heterocycles. The molecule has 0 aliphatic rings. The Morgan fingerprint density at radius 1 is 1.21 bits per heavy atom. The van der Waals surface area contributed by atoms with Gasteiger partial charge < -0.3 is 10.5 Å². The zero-order valence-electron chi connectivity index (χ0n) is 10.5. The summed E-state index contributed by atoms with van der Waals surface area (Å²) in [5, 5.41) is 0.767. The van der Waals surface area contributed by atoms with Crippen LogP contribution in [0, 0.1) is 0 Å².